The lowest BCUT2D eigenvalue weighted by atomic mass is 10.1. The molecule has 1 aromatic rings. The van der Waals surface area contributed by atoms with Gasteiger partial charge in [-0.3, -0.25) is 4.79 Å². The maximum Gasteiger partial charge on any atom is 0.314 e. The number of urea groups is 1. The molecule has 5 nitrogen and oxygen atoms in total. The molecule has 2 N–H and O–H groups in total. The highest BCUT2D eigenvalue weighted by molar-refractivity contribution is 5.78. The number of Topliss-reactive ketones (excluding diaryl/α,β-unsaturated/α-hetero) is 1. The zero-order valence-electron chi connectivity index (χ0n) is 10.7. The summed E-state index contributed by atoms with van der Waals surface area (Å²) in [4.78, 5) is 21.8. The molecule has 0 saturated carbocycles. The number of nitrogens with one attached hydrogen (secondary N) is 2. The summed E-state index contributed by atoms with van der Waals surface area (Å²) in [5.74, 6) is 0.861. The Kier molecular flexibility index (Phi) is 5.70. The largest absolute Gasteiger partial charge is 0.492 e. The Hall–Kier alpha value is -2.04. The molecular formula is C13H18N2O3. The third-order valence-electron chi connectivity index (χ3n) is 2.26. The molecule has 18 heavy (non-hydrogen) atoms. The zero-order valence-corrected chi connectivity index (χ0v) is 10.7. The third-order valence-corrected chi connectivity index (χ3v) is 2.26. The van der Waals surface area contributed by atoms with Crippen LogP contribution in [0, 0.1) is 0 Å². The molecule has 0 aliphatic rings. The summed E-state index contributed by atoms with van der Waals surface area (Å²) >= 11 is 0. The minimum Gasteiger partial charge on any atom is -0.492 e. The van der Waals surface area contributed by atoms with Crippen molar-refractivity contribution in [1.82, 2.24) is 10.6 Å². The molecule has 98 valence electrons. The summed E-state index contributed by atoms with van der Waals surface area (Å²) in [6.45, 7) is 2.41. The minimum absolute atomic E-state index is 0.137. The van der Waals surface area contributed by atoms with Crippen LogP contribution in [-0.4, -0.2) is 32.0 Å². The van der Waals surface area contributed by atoms with E-state index in [1.165, 1.54) is 0 Å². The molecule has 0 aliphatic heterocycles. The van der Waals surface area contributed by atoms with Gasteiger partial charge in [-0.1, -0.05) is 12.1 Å². The number of benzene rings is 1. The van der Waals surface area contributed by atoms with Gasteiger partial charge in [-0.15, -0.1) is 0 Å². The molecule has 0 bridgehead atoms. The number of amides is 2. The van der Waals surface area contributed by atoms with E-state index in [4.69, 9.17) is 4.74 Å². The van der Waals surface area contributed by atoms with Crippen LogP contribution in [0.25, 0.3) is 0 Å². The Morgan fingerprint density at radius 2 is 1.89 bits per heavy atom. The fourth-order valence-corrected chi connectivity index (χ4v) is 1.41. The third kappa shape index (κ3) is 5.34. The number of rotatable bonds is 6. The van der Waals surface area contributed by atoms with Crippen LogP contribution in [0.5, 0.6) is 5.75 Å². The van der Waals surface area contributed by atoms with Crippen molar-refractivity contribution in [3.05, 3.63) is 29.8 Å². The van der Waals surface area contributed by atoms with E-state index in [1.807, 2.05) is 24.3 Å². The second-order valence-electron chi connectivity index (χ2n) is 3.88. The van der Waals surface area contributed by atoms with Crippen molar-refractivity contribution >= 4 is 11.8 Å². The van der Waals surface area contributed by atoms with Crippen LogP contribution in [0.15, 0.2) is 24.3 Å². The Morgan fingerprint density at radius 3 is 2.44 bits per heavy atom. The molecule has 0 radical (unpaired) electrons. The van der Waals surface area contributed by atoms with Crippen LogP contribution in [0.1, 0.15) is 12.5 Å². The van der Waals surface area contributed by atoms with Gasteiger partial charge in [-0.05, 0) is 24.6 Å². The molecular weight excluding hydrogens is 232 g/mol. The zero-order chi connectivity index (χ0) is 13.4. The van der Waals surface area contributed by atoms with E-state index >= 15 is 0 Å². The molecule has 5 heteroatoms. The van der Waals surface area contributed by atoms with Crippen LogP contribution in [-0.2, 0) is 11.2 Å². The molecule has 2 amide bonds. The monoisotopic (exact) mass is 250 g/mol. The summed E-state index contributed by atoms with van der Waals surface area (Å²) in [6, 6.07) is 7.14. The van der Waals surface area contributed by atoms with E-state index in [-0.39, 0.29) is 11.8 Å². The Morgan fingerprint density at radius 1 is 1.22 bits per heavy atom. The number of hydrogen-bond donors (Lipinski definition) is 2. The molecule has 1 aromatic carbocycles. The van der Waals surface area contributed by atoms with Crippen LogP contribution >= 0.6 is 0 Å². The SMILES string of the molecule is CNC(=O)NCCOc1ccc(CC(C)=O)cc1. The first kappa shape index (κ1) is 14.0. The molecule has 0 saturated heterocycles. The molecule has 0 atom stereocenters. The van der Waals surface area contributed by atoms with Crippen molar-refractivity contribution in [1.29, 1.82) is 0 Å². The summed E-state index contributed by atoms with van der Waals surface area (Å²) in [5, 5.41) is 5.07. The predicted molar refractivity (Wildman–Crippen MR) is 68.8 cm³/mol. The van der Waals surface area contributed by atoms with Crippen molar-refractivity contribution in [2.75, 3.05) is 20.2 Å². The lowest BCUT2D eigenvalue weighted by Crippen LogP contribution is -2.35. The topological polar surface area (TPSA) is 67.4 Å². The van der Waals surface area contributed by atoms with E-state index in [0.29, 0.717) is 19.6 Å². The quantitative estimate of drug-likeness (QED) is 0.744. The lowest BCUT2D eigenvalue weighted by Gasteiger charge is -2.07. The van der Waals surface area contributed by atoms with Crippen molar-refractivity contribution in [3.63, 3.8) is 0 Å². The van der Waals surface area contributed by atoms with E-state index in [0.717, 1.165) is 11.3 Å². The van der Waals surface area contributed by atoms with Gasteiger partial charge in [-0.2, -0.15) is 0 Å². The number of carbonyl (C=O) groups is 2. The molecule has 0 spiro atoms. The van der Waals surface area contributed by atoms with Gasteiger partial charge < -0.3 is 15.4 Å². The lowest BCUT2D eigenvalue weighted by molar-refractivity contribution is -0.116. The van der Waals surface area contributed by atoms with Crippen LogP contribution in [0.4, 0.5) is 4.79 Å². The molecule has 0 aliphatic carbocycles. The highest BCUT2D eigenvalue weighted by Gasteiger charge is 1.99. The summed E-state index contributed by atoms with van der Waals surface area (Å²) in [7, 11) is 1.56. The molecule has 0 aromatic heterocycles. The second-order valence-corrected chi connectivity index (χ2v) is 3.88. The van der Waals surface area contributed by atoms with Crippen LogP contribution < -0.4 is 15.4 Å². The van der Waals surface area contributed by atoms with Gasteiger partial charge in [0, 0.05) is 13.5 Å². The molecule has 1 rings (SSSR count). The van der Waals surface area contributed by atoms with Gasteiger partial charge in [-0.25, -0.2) is 4.79 Å². The maximum absolute atomic E-state index is 10.9. The van der Waals surface area contributed by atoms with Crippen molar-refractivity contribution in [2.45, 2.75) is 13.3 Å². The van der Waals surface area contributed by atoms with E-state index < -0.39 is 0 Å². The minimum atomic E-state index is -0.226. The summed E-state index contributed by atoms with van der Waals surface area (Å²) < 4.78 is 5.43. The Balaban J connectivity index is 2.31. The Bertz CT molecular complexity index is 401. The average Bonchev–Trinajstić information content (AvgIpc) is 2.35. The number of ether oxygens (including phenoxy) is 1. The van der Waals surface area contributed by atoms with E-state index in [1.54, 1.807) is 14.0 Å². The van der Waals surface area contributed by atoms with E-state index in [2.05, 4.69) is 10.6 Å². The standard InChI is InChI=1S/C13H18N2O3/c1-10(16)9-11-3-5-12(6-4-11)18-8-7-15-13(17)14-2/h3-6H,7-9H2,1-2H3,(H2,14,15,17). The van der Waals surface area contributed by atoms with Crippen LogP contribution in [0.2, 0.25) is 0 Å². The highest BCUT2D eigenvalue weighted by atomic mass is 16.5. The van der Waals surface area contributed by atoms with Gasteiger partial charge in [0.25, 0.3) is 0 Å². The van der Waals surface area contributed by atoms with E-state index in [9.17, 15) is 9.59 Å². The molecule has 0 fully saturated rings. The first-order valence-electron chi connectivity index (χ1n) is 5.78. The Labute approximate surface area is 107 Å². The van der Waals surface area contributed by atoms with Crippen LogP contribution in [0.3, 0.4) is 0 Å². The predicted octanol–water partition coefficient (Wildman–Crippen LogP) is 1.13. The fourth-order valence-electron chi connectivity index (χ4n) is 1.41. The van der Waals surface area contributed by atoms with Crippen molar-refractivity contribution < 1.29 is 14.3 Å². The van der Waals surface area contributed by atoms with Gasteiger partial charge >= 0.3 is 6.03 Å². The van der Waals surface area contributed by atoms with Crippen molar-refractivity contribution in [3.8, 4) is 5.75 Å². The number of carbonyl (C=O) groups excluding carboxylic acids is 2. The first-order valence-corrected chi connectivity index (χ1v) is 5.78. The first-order chi connectivity index (χ1) is 8.61. The van der Waals surface area contributed by atoms with Gasteiger partial charge in [0.2, 0.25) is 0 Å². The molecule has 0 heterocycles. The summed E-state index contributed by atoms with van der Waals surface area (Å²) in [5.41, 5.74) is 0.971. The maximum atomic E-state index is 10.9. The number of ketones is 1. The average molecular weight is 250 g/mol. The number of hydrogen-bond acceptors (Lipinski definition) is 3. The second kappa shape index (κ2) is 7.32. The van der Waals surface area contributed by atoms with Crippen molar-refractivity contribution in [2.24, 2.45) is 0 Å². The van der Waals surface area contributed by atoms with Gasteiger partial charge in [0.05, 0.1) is 6.54 Å². The highest BCUT2D eigenvalue weighted by Crippen LogP contribution is 2.12. The fraction of sp³-hybridized carbons (Fsp3) is 0.385. The normalized spacial score (nSPS) is 9.67. The summed E-state index contributed by atoms with van der Waals surface area (Å²) in [6.07, 6.45) is 0.443. The van der Waals surface area contributed by atoms with Gasteiger partial charge in [0.1, 0.15) is 18.1 Å². The molecule has 0 unspecified atom stereocenters. The van der Waals surface area contributed by atoms with Gasteiger partial charge in [0.15, 0.2) is 0 Å². The smallest absolute Gasteiger partial charge is 0.314 e.